The Bertz CT molecular complexity index is 2910. The molecule has 0 aliphatic rings. The van der Waals surface area contributed by atoms with Gasteiger partial charge in [-0.05, 0) is 127 Å². The molecule has 10 aromatic rings. The maximum Gasteiger partial charge on any atom is 0.0788 e. The quantitative estimate of drug-likeness (QED) is 0.151. The molecule has 0 unspecified atom stereocenters. The van der Waals surface area contributed by atoms with Crippen LogP contribution in [-0.2, 0) is 0 Å². The summed E-state index contributed by atoms with van der Waals surface area (Å²) in [4.78, 5) is 5.49. The Balaban J connectivity index is 1.07. The van der Waals surface area contributed by atoms with Crippen LogP contribution in [0.3, 0.4) is 0 Å². The predicted molar refractivity (Wildman–Crippen MR) is 245 cm³/mol. The van der Waals surface area contributed by atoms with Crippen molar-refractivity contribution in [3.8, 4) is 89.3 Å². The molecule has 0 saturated carbocycles. The fourth-order valence-electron chi connectivity index (χ4n) is 8.05. The van der Waals surface area contributed by atoms with Gasteiger partial charge in [0.15, 0.2) is 0 Å². The van der Waals surface area contributed by atoms with E-state index in [0.717, 1.165) is 44.4 Å². The highest BCUT2D eigenvalue weighted by atomic mass is 14.7. The summed E-state index contributed by atoms with van der Waals surface area (Å²) in [6.45, 7) is 0. The van der Waals surface area contributed by atoms with Gasteiger partial charge in [-0.15, -0.1) is 0 Å². The second-order valence-electron chi connectivity index (χ2n) is 14.8. The topological polar surface area (TPSA) is 12.9 Å². The predicted octanol–water partition coefficient (Wildman–Crippen LogP) is 15.6. The Morgan fingerprint density at radius 1 is 0.207 bits per heavy atom. The molecule has 1 heteroatoms. The lowest BCUT2D eigenvalue weighted by molar-refractivity contribution is 1.35. The van der Waals surface area contributed by atoms with Crippen LogP contribution in [-0.4, -0.2) is 4.98 Å². The molecule has 0 saturated heterocycles. The van der Waals surface area contributed by atoms with E-state index in [1.54, 1.807) is 0 Å². The van der Waals surface area contributed by atoms with Crippen molar-refractivity contribution in [2.45, 2.75) is 0 Å². The van der Waals surface area contributed by atoms with Crippen molar-refractivity contribution in [3.05, 3.63) is 237 Å². The maximum absolute atomic E-state index is 5.49. The minimum absolute atomic E-state index is 0.946. The van der Waals surface area contributed by atoms with Crippen molar-refractivity contribution in [2.24, 2.45) is 0 Å². The second kappa shape index (κ2) is 15.5. The van der Waals surface area contributed by atoms with Crippen LogP contribution in [0.2, 0.25) is 0 Å². The molecule has 0 aliphatic carbocycles. The van der Waals surface area contributed by atoms with Gasteiger partial charge in [0.25, 0.3) is 0 Å². The first-order chi connectivity index (χ1) is 28.7. The van der Waals surface area contributed by atoms with Gasteiger partial charge in [0, 0.05) is 16.5 Å². The van der Waals surface area contributed by atoms with Crippen LogP contribution in [0, 0.1) is 0 Å². The fourth-order valence-corrected chi connectivity index (χ4v) is 8.05. The number of nitrogens with zero attached hydrogens (tertiary/aromatic N) is 1. The molecule has 0 spiro atoms. The second-order valence-corrected chi connectivity index (χ2v) is 14.8. The Labute approximate surface area is 340 Å². The highest BCUT2D eigenvalue weighted by Crippen LogP contribution is 2.39. The summed E-state index contributed by atoms with van der Waals surface area (Å²) in [6.07, 6.45) is 0. The summed E-state index contributed by atoms with van der Waals surface area (Å²) in [7, 11) is 0. The van der Waals surface area contributed by atoms with E-state index in [-0.39, 0.29) is 0 Å². The summed E-state index contributed by atoms with van der Waals surface area (Å²) in [5.74, 6) is 0. The van der Waals surface area contributed by atoms with Gasteiger partial charge in [-0.2, -0.15) is 0 Å². The smallest absolute Gasteiger partial charge is 0.0788 e. The molecule has 58 heavy (non-hydrogen) atoms. The molecule has 0 atom stereocenters. The highest BCUT2D eigenvalue weighted by Gasteiger charge is 2.15. The first-order valence-electron chi connectivity index (χ1n) is 19.9. The van der Waals surface area contributed by atoms with Crippen LogP contribution in [0.15, 0.2) is 237 Å². The number of hydrogen-bond acceptors (Lipinski definition) is 1. The molecule has 0 fully saturated rings. The number of rotatable bonds is 8. The molecule has 1 heterocycles. The minimum atomic E-state index is 0.946. The lowest BCUT2D eigenvalue weighted by atomic mass is 9.91. The van der Waals surface area contributed by atoms with Crippen LogP contribution < -0.4 is 0 Å². The Morgan fingerprint density at radius 3 is 0.983 bits per heavy atom. The average Bonchev–Trinajstić information content (AvgIpc) is 3.32. The molecule has 1 aromatic heterocycles. The van der Waals surface area contributed by atoms with Crippen molar-refractivity contribution >= 4 is 10.8 Å². The maximum atomic E-state index is 5.49. The van der Waals surface area contributed by atoms with Gasteiger partial charge in [-0.1, -0.05) is 182 Å². The molecule has 272 valence electrons. The third-order valence-corrected chi connectivity index (χ3v) is 11.0. The number of benzene rings is 9. The summed E-state index contributed by atoms with van der Waals surface area (Å²) in [6, 6.07) is 84.9. The molecular formula is C57H39N. The van der Waals surface area contributed by atoms with Crippen LogP contribution in [0.4, 0.5) is 0 Å². The van der Waals surface area contributed by atoms with Crippen molar-refractivity contribution < 1.29 is 0 Å². The van der Waals surface area contributed by atoms with Gasteiger partial charge in [-0.25, -0.2) is 4.98 Å². The van der Waals surface area contributed by atoms with Gasteiger partial charge in [-0.3, -0.25) is 0 Å². The van der Waals surface area contributed by atoms with Crippen LogP contribution >= 0.6 is 0 Å². The fraction of sp³-hybridized carbons (Fsp3) is 0. The van der Waals surface area contributed by atoms with Gasteiger partial charge >= 0.3 is 0 Å². The third-order valence-electron chi connectivity index (χ3n) is 11.0. The van der Waals surface area contributed by atoms with E-state index >= 15 is 0 Å². The SMILES string of the molecule is c1ccc(-c2cc(-c3ccccc3)cc(-c3cccc(-c4cccc(-c5cc6ccccc6c(-c6cc(-c7ccccc7)cc(-c7ccccc7)c6)n5)c4)c3)c2)cc1. The zero-order chi connectivity index (χ0) is 38.7. The van der Waals surface area contributed by atoms with E-state index in [4.69, 9.17) is 4.98 Å². The molecule has 0 bridgehead atoms. The number of pyridine rings is 1. The average molecular weight is 738 g/mol. The van der Waals surface area contributed by atoms with E-state index < -0.39 is 0 Å². The standard InChI is InChI=1S/C57H39N/c1-5-17-40(18-6-1)49-33-50(41-19-7-2-8-20-41)36-53(35-49)46-28-15-26-44(31-46)45-27-16-29-48(32-45)56-39-47-25-13-14-30-55(47)57(58-56)54-37-51(42-21-9-3-10-22-42)34-52(38-54)43-23-11-4-12-24-43/h1-39H. The van der Waals surface area contributed by atoms with E-state index in [1.165, 1.54) is 55.6 Å². The van der Waals surface area contributed by atoms with Crippen molar-refractivity contribution in [1.82, 2.24) is 4.98 Å². The Morgan fingerprint density at radius 2 is 0.517 bits per heavy atom. The molecule has 1 nitrogen and oxygen atoms in total. The zero-order valence-corrected chi connectivity index (χ0v) is 32.0. The van der Waals surface area contributed by atoms with Gasteiger partial charge in [0.05, 0.1) is 11.4 Å². The van der Waals surface area contributed by atoms with Crippen molar-refractivity contribution in [3.63, 3.8) is 0 Å². The number of fused-ring (bicyclic) bond motifs is 1. The molecule has 0 N–H and O–H groups in total. The van der Waals surface area contributed by atoms with E-state index in [9.17, 15) is 0 Å². The van der Waals surface area contributed by atoms with Crippen LogP contribution in [0.5, 0.6) is 0 Å². The lowest BCUT2D eigenvalue weighted by Crippen LogP contribution is -1.93. The van der Waals surface area contributed by atoms with E-state index in [1.807, 2.05) is 0 Å². The highest BCUT2D eigenvalue weighted by molar-refractivity contribution is 5.98. The number of aromatic nitrogens is 1. The molecule has 0 radical (unpaired) electrons. The van der Waals surface area contributed by atoms with Crippen molar-refractivity contribution in [2.75, 3.05) is 0 Å². The molecule has 0 aliphatic heterocycles. The van der Waals surface area contributed by atoms with Gasteiger partial charge < -0.3 is 0 Å². The van der Waals surface area contributed by atoms with Gasteiger partial charge in [0.2, 0.25) is 0 Å². The Hall–Kier alpha value is -7.61. The zero-order valence-electron chi connectivity index (χ0n) is 32.0. The molecule has 10 rings (SSSR count). The minimum Gasteiger partial charge on any atom is -0.247 e. The normalized spacial score (nSPS) is 11.1. The van der Waals surface area contributed by atoms with Gasteiger partial charge in [0.1, 0.15) is 0 Å². The monoisotopic (exact) mass is 737 g/mol. The third kappa shape index (κ3) is 7.14. The largest absolute Gasteiger partial charge is 0.247 e. The van der Waals surface area contributed by atoms with Crippen molar-refractivity contribution in [1.29, 1.82) is 0 Å². The van der Waals surface area contributed by atoms with E-state index in [0.29, 0.717) is 0 Å². The van der Waals surface area contributed by atoms with E-state index in [2.05, 4.69) is 237 Å². The number of hydrogen-bond donors (Lipinski definition) is 0. The van der Waals surface area contributed by atoms with Crippen LogP contribution in [0.1, 0.15) is 0 Å². The molecule has 9 aromatic carbocycles. The summed E-state index contributed by atoms with van der Waals surface area (Å²) < 4.78 is 0. The summed E-state index contributed by atoms with van der Waals surface area (Å²) >= 11 is 0. The molecule has 0 amide bonds. The first-order valence-corrected chi connectivity index (χ1v) is 19.9. The summed E-state index contributed by atoms with van der Waals surface area (Å²) in [5.41, 5.74) is 18.3. The summed E-state index contributed by atoms with van der Waals surface area (Å²) in [5, 5.41) is 2.29. The lowest BCUT2D eigenvalue weighted by Gasteiger charge is -2.15. The Kier molecular flexibility index (Phi) is 9.31. The van der Waals surface area contributed by atoms with Crippen LogP contribution in [0.25, 0.3) is 100 Å². The molecular weight excluding hydrogens is 699 g/mol. The first kappa shape index (κ1) is 34.8.